The molecule has 134 valence electrons. The van der Waals surface area contributed by atoms with Gasteiger partial charge in [0.1, 0.15) is 5.82 Å². The number of anilines is 1. The number of hydrogen-bond acceptors (Lipinski definition) is 4. The molecule has 7 heteroatoms. The fourth-order valence-corrected chi connectivity index (χ4v) is 4.76. The Bertz CT molecular complexity index is 857. The van der Waals surface area contributed by atoms with Gasteiger partial charge in [0.25, 0.3) is 0 Å². The lowest BCUT2D eigenvalue weighted by Crippen LogP contribution is -2.54. The average molecular weight is 363 g/mol. The van der Waals surface area contributed by atoms with Gasteiger partial charge in [0.2, 0.25) is 16.0 Å². The third-order valence-electron chi connectivity index (χ3n) is 4.41. The highest BCUT2D eigenvalue weighted by atomic mass is 32.2. The molecule has 1 saturated heterocycles. The van der Waals surface area contributed by atoms with E-state index in [9.17, 15) is 12.8 Å². The Hall–Kier alpha value is -1.99. The van der Waals surface area contributed by atoms with E-state index >= 15 is 0 Å². The Labute approximate surface area is 148 Å². The van der Waals surface area contributed by atoms with Crippen LogP contribution in [0.4, 0.5) is 10.2 Å². The first-order valence-electron chi connectivity index (χ1n) is 8.28. The van der Waals surface area contributed by atoms with Crippen molar-refractivity contribution in [2.75, 3.05) is 24.5 Å². The maximum Gasteiger partial charge on any atom is 0.218 e. The highest BCUT2D eigenvalue weighted by molar-refractivity contribution is 7.88. The Kier molecular flexibility index (Phi) is 5.06. The van der Waals surface area contributed by atoms with Crippen molar-refractivity contribution in [3.63, 3.8) is 0 Å². The summed E-state index contributed by atoms with van der Waals surface area (Å²) in [4.78, 5) is 5.85. The van der Waals surface area contributed by atoms with Crippen LogP contribution < -0.4 is 4.90 Å². The highest BCUT2D eigenvalue weighted by Crippen LogP contribution is 2.22. The minimum Gasteiger partial charge on any atom is -0.351 e. The molecule has 1 unspecified atom stereocenters. The molecule has 2 aromatic rings. The Morgan fingerprint density at radius 1 is 1.20 bits per heavy atom. The van der Waals surface area contributed by atoms with Gasteiger partial charge in [-0.2, -0.15) is 8.70 Å². The van der Waals surface area contributed by atoms with Gasteiger partial charge < -0.3 is 4.90 Å². The van der Waals surface area contributed by atoms with E-state index in [0.717, 1.165) is 11.1 Å². The first-order chi connectivity index (χ1) is 11.8. The lowest BCUT2D eigenvalue weighted by molar-refractivity contribution is 0.340. The zero-order valence-corrected chi connectivity index (χ0v) is 15.2. The van der Waals surface area contributed by atoms with E-state index in [1.165, 1.54) is 10.4 Å². The monoisotopic (exact) mass is 363 g/mol. The molecule has 2 heterocycles. The van der Waals surface area contributed by atoms with E-state index in [4.69, 9.17) is 0 Å². The summed E-state index contributed by atoms with van der Waals surface area (Å²) in [7, 11) is -3.39. The van der Waals surface area contributed by atoms with Crippen molar-refractivity contribution in [2.24, 2.45) is 0 Å². The lowest BCUT2D eigenvalue weighted by Gasteiger charge is -2.39. The van der Waals surface area contributed by atoms with Crippen molar-refractivity contribution in [3.8, 4) is 0 Å². The number of pyridine rings is 1. The minimum absolute atomic E-state index is 0.000382. The smallest absolute Gasteiger partial charge is 0.218 e. The molecule has 0 aliphatic carbocycles. The van der Waals surface area contributed by atoms with Crippen molar-refractivity contribution in [2.45, 2.75) is 25.6 Å². The molecule has 1 fully saturated rings. The van der Waals surface area contributed by atoms with Gasteiger partial charge in [0, 0.05) is 25.7 Å². The van der Waals surface area contributed by atoms with Gasteiger partial charge in [0.05, 0.1) is 5.75 Å². The molecular weight excluding hydrogens is 341 g/mol. The molecule has 0 spiro atoms. The summed E-state index contributed by atoms with van der Waals surface area (Å²) < 4.78 is 40.4. The highest BCUT2D eigenvalue weighted by Gasteiger charge is 2.31. The molecule has 0 bridgehead atoms. The second kappa shape index (κ2) is 7.09. The largest absolute Gasteiger partial charge is 0.351 e. The maximum atomic E-state index is 13.3. The topological polar surface area (TPSA) is 53.5 Å². The zero-order chi connectivity index (χ0) is 18.0. The summed E-state index contributed by atoms with van der Waals surface area (Å²) >= 11 is 0. The average Bonchev–Trinajstić information content (AvgIpc) is 2.54. The van der Waals surface area contributed by atoms with E-state index < -0.39 is 16.0 Å². The van der Waals surface area contributed by atoms with Crippen molar-refractivity contribution in [1.82, 2.24) is 9.29 Å². The van der Waals surface area contributed by atoms with Crippen LogP contribution in [0.1, 0.15) is 18.1 Å². The molecule has 0 amide bonds. The number of aryl methyl sites for hydroxylation is 1. The predicted molar refractivity (Wildman–Crippen MR) is 96.4 cm³/mol. The molecule has 1 aromatic heterocycles. The van der Waals surface area contributed by atoms with Gasteiger partial charge in [-0.05, 0) is 31.5 Å². The minimum atomic E-state index is -3.39. The number of rotatable bonds is 4. The summed E-state index contributed by atoms with van der Waals surface area (Å²) in [6.07, 6.45) is 0. The van der Waals surface area contributed by atoms with Crippen LogP contribution in [0, 0.1) is 12.9 Å². The fourth-order valence-electron chi connectivity index (χ4n) is 3.18. The molecule has 0 saturated carbocycles. The van der Waals surface area contributed by atoms with Crippen molar-refractivity contribution in [3.05, 3.63) is 59.5 Å². The number of halogens is 1. The fraction of sp³-hybridized carbons (Fsp3) is 0.389. The third-order valence-corrected chi connectivity index (χ3v) is 6.23. The molecular formula is C18H22FN3O2S. The van der Waals surface area contributed by atoms with Crippen molar-refractivity contribution < 1.29 is 12.8 Å². The van der Waals surface area contributed by atoms with Crippen molar-refractivity contribution in [1.29, 1.82) is 0 Å². The number of nitrogens with zero attached hydrogens (tertiary/aromatic N) is 3. The molecule has 0 radical (unpaired) electrons. The van der Waals surface area contributed by atoms with E-state index in [2.05, 4.69) is 4.98 Å². The molecule has 1 aliphatic rings. The van der Waals surface area contributed by atoms with Crippen LogP contribution in [0.3, 0.4) is 0 Å². The Balaban J connectivity index is 1.71. The van der Waals surface area contributed by atoms with Gasteiger partial charge in [-0.1, -0.05) is 35.9 Å². The molecule has 25 heavy (non-hydrogen) atoms. The summed E-state index contributed by atoms with van der Waals surface area (Å²) in [5.74, 6) is 0.0158. The first-order valence-corrected chi connectivity index (χ1v) is 9.88. The van der Waals surface area contributed by atoms with Crippen LogP contribution in [0.25, 0.3) is 0 Å². The number of sulfonamides is 1. The number of hydrogen-bond donors (Lipinski definition) is 0. The molecule has 0 N–H and O–H groups in total. The van der Waals surface area contributed by atoms with Crippen LogP contribution in [0.5, 0.6) is 0 Å². The molecule has 5 nitrogen and oxygen atoms in total. The van der Waals surface area contributed by atoms with E-state index in [0.29, 0.717) is 25.5 Å². The zero-order valence-electron chi connectivity index (χ0n) is 14.4. The maximum absolute atomic E-state index is 13.3. The normalized spacial score (nSPS) is 19.2. The van der Waals surface area contributed by atoms with Gasteiger partial charge in [-0.3, -0.25) is 0 Å². The molecule has 1 aromatic carbocycles. The van der Waals surface area contributed by atoms with Crippen LogP contribution in [0.2, 0.25) is 0 Å². The number of aromatic nitrogens is 1. The van der Waals surface area contributed by atoms with E-state index in [1.54, 1.807) is 12.1 Å². The third kappa shape index (κ3) is 4.16. The molecule has 1 atom stereocenters. The predicted octanol–water partition coefficient (Wildman–Crippen LogP) is 2.57. The van der Waals surface area contributed by atoms with Crippen LogP contribution in [0.15, 0.2) is 42.5 Å². The second-order valence-corrected chi connectivity index (χ2v) is 8.43. The van der Waals surface area contributed by atoms with E-state index in [-0.39, 0.29) is 11.8 Å². The Morgan fingerprint density at radius 3 is 2.64 bits per heavy atom. The summed E-state index contributed by atoms with van der Waals surface area (Å²) in [6, 6.07) is 12.1. The standard InChI is InChI=1S/C18H22FN3O2S/c1-14-5-3-6-16(11-14)13-25(23,24)21-9-10-22(15(2)12-21)18-8-4-7-17(19)20-18/h3-8,11,15H,9-10,12-13H2,1-2H3. The van der Waals surface area contributed by atoms with Crippen LogP contribution in [-0.4, -0.2) is 43.4 Å². The lowest BCUT2D eigenvalue weighted by atomic mass is 10.2. The van der Waals surface area contributed by atoms with Gasteiger partial charge in [-0.15, -0.1) is 0 Å². The SMILES string of the molecule is Cc1cccc(CS(=O)(=O)N2CCN(c3cccc(F)n3)C(C)C2)c1. The number of benzene rings is 1. The van der Waals surface area contributed by atoms with Crippen LogP contribution in [-0.2, 0) is 15.8 Å². The summed E-state index contributed by atoms with van der Waals surface area (Å²) in [6.45, 7) is 5.11. The van der Waals surface area contributed by atoms with E-state index in [1.807, 2.05) is 43.0 Å². The van der Waals surface area contributed by atoms with Gasteiger partial charge in [0.15, 0.2) is 0 Å². The quantitative estimate of drug-likeness (QED) is 0.784. The summed E-state index contributed by atoms with van der Waals surface area (Å²) in [5.41, 5.74) is 1.84. The Morgan fingerprint density at radius 2 is 1.96 bits per heavy atom. The summed E-state index contributed by atoms with van der Waals surface area (Å²) in [5, 5.41) is 0. The molecule has 3 rings (SSSR count). The first kappa shape index (κ1) is 17.8. The number of piperazine rings is 1. The van der Waals surface area contributed by atoms with Crippen LogP contribution >= 0.6 is 0 Å². The van der Waals surface area contributed by atoms with Gasteiger partial charge >= 0.3 is 0 Å². The van der Waals surface area contributed by atoms with Gasteiger partial charge in [-0.25, -0.2) is 13.4 Å². The molecule has 1 aliphatic heterocycles. The van der Waals surface area contributed by atoms with Crippen molar-refractivity contribution >= 4 is 15.8 Å². The second-order valence-electron chi connectivity index (χ2n) is 6.46.